The lowest BCUT2D eigenvalue weighted by Gasteiger charge is -2.06. The summed E-state index contributed by atoms with van der Waals surface area (Å²) in [6, 6.07) is 20.1. The Kier molecular flexibility index (Phi) is 4.89. The second kappa shape index (κ2) is 7.64. The van der Waals surface area contributed by atoms with Crippen LogP contribution in [0.4, 0.5) is 5.69 Å². The van der Waals surface area contributed by atoms with Crippen LogP contribution in [0.3, 0.4) is 0 Å². The van der Waals surface area contributed by atoms with E-state index < -0.39 is 0 Å². The fourth-order valence-electron chi connectivity index (χ4n) is 3.38. The summed E-state index contributed by atoms with van der Waals surface area (Å²) in [5.74, 6) is 0.926. The van der Waals surface area contributed by atoms with E-state index in [1.54, 1.807) is 0 Å². The lowest BCUT2D eigenvalue weighted by atomic mass is 10.0. The molecule has 5 nitrogen and oxygen atoms in total. The average molecular weight is 371 g/mol. The first-order valence-corrected chi connectivity index (χ1v) is 9.27. The number of rotatable bonds is 5. The van der Waals surface area contributed by atoms with Crippen LogP contribution in [0.25, 0.3) is 22.2 Å². The average Bonchev–Trinajstić information content (AvgIpc) is 3.14. The predicted octanol–water partition coefficient (Wildman–Crippen LogP) is 5.08. The molecule has 0 aliphatic heterocycles. The third-order valence-electron chi connectivity index (χ3n) is 4.57. The summed E-state index contributed by atoms with van der Waals surface area (Å²) in [6.07, 6.45) is 0.679. The molecule has 0 bridgehead atoms. The Labute approximate surface area is 163 Å². The fraction of sp³-hybridized carbons (Fsp3) is 0.174. The highest BCUT2D eigenvalue weighted by Gasteiger charge is 2.13. The third-order valence-corrected chi connectivity index (χ3v) is 4.57. The molecule has 0 fully saturated rings. The molecule has 0 aliphatic carbocycles. The number of benzene rings is 3. The summed E-state index contributed by atoms with van der Waals surface area (Å²) in [5.41, 5.74) is 3.97. The first-order valence-electron chi connectivity index (χ1n) is 9.27. The Morgan fingerprint density at radius 2 is 1.75 bits per heavy atom. The maximum atomic E-state index is 12.3. The topological polar surface area (TPSA) is 68.0 Å². The van der Waals surface area contributed by atoms with Crippen LogP contribution in [-0.2, 0) is 11.2 Å². The van der Waals surface area contributed by atoms with E-state index in [0.29, 0.717) is 18.1 Å². The van der Waals surface area contributed by atoms with Crippen molar-refractivity contribution in [3.8, 4) is 11.4 Å². The maximum absolute atomic E-state index is 12.3. The van der Waals surface area contributed by atoms with Gasteiger partial charge in [0.15, 0.2) is 0 Å². The molecule has 140 valence electrons. The molecule has 0 saturated heterocycles. The van der Waals surface area contributed by atoms with Gasteiger partial charge in [0, 0.05) is 24.1 Å². The Hall–Kier alpha value is -3.47. The zero-order chi connectivity index (χ0) is 19.5. The van der Waals surface area contributed by atoms with Gasteiger partial charge in [-0.1, -0.05) is 53.7 Å². The lowest BCUT2D eigenvalue weighted by molar-refractivity contribution is -0.116. The highest BCUT2D eigenvalue weighted by molar-refractivity contribution is 5.95. The number of carbonyl (C=O) groups excluding carboxylic acids is 1. The molecule has 0 spiro atoms. The van der Waals surface area contributed by atoms with Gasteiger partial charge in [-0.2, -0.15) is 4.98 Å². The number of anilines is 1. The second-order valence-corrected chi connectivity index (χ2v) is 6.96. The SMILES string of the molecule is Cc1cc(C)cc(NC(=O)CCc2nc(-c3cccc4ccccc34)no2)c1. The first kappa shape index (κ1) is 17.9. The minimum Gasteiger partial charge on any atom is -0.339 e. The lowest BCUT2D eigenvalue weighted by Crippen LogP contribution is -2.12. The van der Waals surface area contributed by atoms with Crippen LogP contribution in [0.1, 0.15) is 23.4 Å². The molecule has 0 unspecified atom stereocenters. The number of hydrogen-bond acceptors (Lipinski definition) is 4. The zero-order valence-electron chi connectivity index (χ0n) is 15.9. The number of hydrogen-bond donors (Lipinski definition) is 1. The normalized spacial score (nSPS) is 10.9. The van der Waals surface area contributed by atoms with Crippen molar-refractivity contribution in [3.63, 3.8) is 0 Å². The number of aryl methyl sites for hydroxylation is 3. The summed E-state index contributed by atoms with van der Waals surface area (Å²) in [4.78, 5) is 16.7. The van der Waals surface area contributed by atoms with Gasteiger partial charge in [0.05, 0.1) is 0 Å². The van der Waals surface area contributed by atoms with E-state index in [4.69, 9.17) is 4.52 Å². The molecule has 0 saturated carbocycles. The maximum Gasteiger partial charge on any atom is 0.227 e. The van der Waals surface area contributed by atoms with Crippen molar-refractivity contribution in [1.29, 1.82) is 0 Å². The standard InChI is InChI=1S/C23H21N3O2/c1-15-12-16(2)14-18(13-15)24-21(27)10-11-22-25-23(26-28-22)20-9-5-7-17-6-3-4-8-19(17)20/h3-9,12-14H,10-11H2,1-2H3,(H,24,27). The Balaban J connectivity index is 1.44. The van der Waals surface area contributed by atoms with Crippen molar-refractivity contribution in [1.82, 2.24) is 10.1 Å². The van der Waals surface area contributed by atoms with Gasteiger partial charge in [0.1, 0.15) is 0 Å². The second-order valence-electron chi connectivity index (χ2n) is 6.96. The molecule has 4 rings (SSSR count). The number of fused-ring (bicyclic) bond motifs is 1. The van der Waals surface area contributed by atoms with Crippen LogP contribution in [0.15, 0.2) is 65.2 Å². The van der Waals surface area contributed by atoms with Crippen LogP contribution in [-0.4, -0.2) is 16.0 Å². The van der Waals surface area contributed by atoms with Gasteiger partial charge in [-0.3, -0.25) is 4.79 Å². The molecule has 1 amide bonds. The van der Waals surface area contributed by atoms with E-state index >= 15 is 0 Å². The van der Waals surface area contributed by atoms with Gasteiger partial charge in [0.25, 0.3) is 0 Å². The minimum atomic E-state index is -0.0742. The summed E-state index contributed by atoms with van der Waals surface area (Å²) in [7, 11) is 0. The van der Waals surface area contributed by atoms with E-state index in [0.717, 1.165) is 33.2 Å². The Morgan fingerprint density at radius 3 is 2.57 bits per heavy atom. The Bertz CT molecular complexity index is 1120. The van der Waals surface area contributed by atoms with Gasteiger partial charge in [0.2, 0.25) is 17.6 Å². The molecular formula is C23H21N3O2. The van der Waals surface area contributed by atoms with Crippen LogP contribution >= 0.6 is 0 Å². The molecule has 0 aliphatic rings. The van der Waals surface area contributed by atoms with Crippen LogP contribution in [0.2, 0.25) is 0 Å². The monoisotopic (exact) mass is 371 g/mol. The molecule has 1 heterocycles. The Morgan fingerprint density at radius 1 is 1.00 bits per heavy atom. The van der Waals surface area contributed by atoms with Gasteiger partial charge in [-0.15, -0.1) is 0 Å². The molecule has 28 heavy (non-hydrogen) atoms. The summed E-state index contributed by atoms with van der Waals surface area (Å²) in [6.45, 7) is 4.02. The van der Waals surface area contributed by atoms with E-state index in [2.05, 4.69) is 33.7 Å². The fourth-order valence-corrected chi connectivity index (χ4v) is 3.38. The van der Waals surface area contributed by atoms with Crippen molar-refractivity contribution >= 4 is 22.4 Å². The largest absolute Gasteiger partial charge is 0.339 e. The van der Waals surface area contributed by atoms with Gasteiger partial charge in [-0.25, -0.2) is 0 Å². The summed E-state index contributed by atoms with van der Waals surface area (Å²) < 4.78 is 5.37. The molecular weight excluding hydrogens is 350 g/mol. The molecule has 0 radical (unpaired) electrons. The smallest absolute Gasteiger partial charge is 0.227 e. The third kappa shape index (κ3) is 3.93. The number of carbonyl (C=O) groups is 1. The predicted molar refractivity (Wildman–Crippen MR) is 110 cm³/mol. The number of aromatic nitrogens is 2. The molecule has 1 N–H and O–H groups in total. The molecule has 5 heteroatoms. The first-order chi connectivity index (χ1) is 13.6. The summed E-state index contributed by atoms with van der Waals surface area (Å²) in [5, 5.41) is 9.23. The molecule has 3 aromatic carbocycles. The van der Waals surface area contributed by atoms with E-state index in [9.17, 15) is 4.79 Å². The minimum absolute atomic E-state index is 0.0742. The van der Waals surface area contributed by atoms with Gasteiger partial charge < -0.3 is 9.84 Å². The van der Waals surface area contributed by atoms with Crippen molar-refractivity contribution in [2.75, 3.05) is 5.32 Å². The summed E-state index contributed by atoms with van der Waals surface area (Å²) >= 11 is 0. The van der Waals surface area contributed by atoms with Crippen molar-refractivity contribution in [3.05, 3.63) is 77.7 Å². The number of nitrogens with one attached hydrogen (secondary N) is 1. The van der Waals surface area contributed by atoms with Crippen molar-refractivity contribution < 1.29 is 9.32 Å². The van der Waals surface area contributed by atoms with Crippen LogP contribution in [0.5, 0.6) is 0 Å². The van der Waals surface area contributed by atoms with Crippen LogP contribution < -0.4 is 5.32 Å². The van der Waals surface area contributed by atoms with Crippen molar-refractivity contribution in [2.45, 2.75) is 26.7 Å². The molecule has 4 aromatic rings. The number of amides is 1. The molecule has 0 atom stereocenters. The van der Waals surface area contributed by atoms with E-state index in [1.807, 2.05) is 56.3 Å². The zero-order valence-corrected chi connectivity index (χ0v) is 15.9. The molecule has 1 aromatic heterocycles. The highest BCUT2D eigenvalue weighted by Crippen LogP contribution is 2.26. The highest BCUT2D eigenvalue weighted by atomic mass is 16.5. The van der Waals surface area contributed by atoms with Crippen LogP contribution in [0, 0.1) is 13.8 Å². The van der Waals surface area contributed by atoms with Gasteiger partial charge in [-0.05, 0) is 47.9 Å². The quantitative estimate of drug-likeness (QED) is 0.531. The van der Waals surface area contributed by atoms with Gasteiger partial charge >= 0.3 is 0 Å². The number of nitrogens with zero attached hydrogens (tertiary/aromatic N) is 2. The van der Waals surface area contributed by atoms with E-state index in [-0.39, 0.29) is 12.3 Å². The van der Waals surface area contributed by atoms with Crippen molar-refractivity contribution in [2.24, 2.45) is 0 Å². The van der Waals surface area contributed by atoms with E-state index in [1.165, 1.54) is 0 Å².